The number of hydrogen-bond acceptors (Lipinski definition) is 0. The molecule has 0 aliphatic heterocycles. The summed E-state index contributed by atoms with van der Waals surface area (Å²) < 4.78 is 73.9. The van der Waals surface area contributed by atoms with Crippen molar-refractivity contribution in [2.24, 2.45) is 10.8 Å². The summed E-state index contributed by atoms with van der Waals surface area (Å²) in [5.41, 5.74) is -0.949. The van der Waals surface area contributed by atoms with E-state index >= 15 is 13.2 Å². The van der Waals surface area contributed by atoms with Gasteiger partial charge in [0.15, 0.2) is 17.8 Å². The molecule has 1 unspecified atom stereocenters. The highest BCUT2D eigenvalue weighted by Crippen LogP contribution is 2.66. The molecule has 2 bridgehead atoms. The lowest BCUT2D eigenvalue weighted by Crippen LogP contribution is -2.62. The van der Waals surface area contributed by atoms with E-state index in [1.54, 1.807) is 6.08 Å². The highest BCUT2D eigenvalue weighted by atomic mass is 19.3. The summed E-state index contributed by atoms with van der Waals surface area (Å²) in [5, 5.41) is 0. The average molecular weight is 432 g/mol. The topological polar surface area (TPSA) is 0 Å². The molecule has 0 amide bonds. The molecular formula is C26H25F5. The molecule has 0 heterocycles. The first-order valence-corrected chi connectivity index (χ1v) is 10.5. The van der Waals surface area contributed by atoms with Gasteiger partial charge in [0.2, 0.25) is 0 Å². The fourth-order valence-electron chi connectivity index (χ4n) is 4.87. The third kappa shape index (κ3) is 3.52. The van der Waals surface area contributed by atoms with Crippen molar-refractivity contribution in [1.29, 1.82) is 0 Å². The van der Waals surface area contributed by atoms with Crippen LogP contribution in [0.2, 0.25) is 0 Å². The molecule has 3 aliphatic carbocycles. The molecule has 3 saturated carbocycles. The Morgan fingerprint density at radius 2 is 1.45 bits per heavy atom. The Morgan fingerprint density at radius 1 is 0.806 bits per heavy atom. The quantitative estimate of drug-likeness (QED) is 0.432. The summed E-state index contributed by atoms with van der Waals surface area (Å²) in [6.45, 7) is 3.38. The van der Waals surface area contributed by atoms with Crippen LogP contribution in [-0.2, 0) is 0 Å². The van der Waals surface area contributed by atoms with Crippen molar-refractivity contribution in [1.82, 2.24) is 0 Å². The van der Waals surface area contributed by atoms with E-state index < -0.39 is 34.6 Å². The highest BCUT2D eigenvalue weighted by Gasteiger charge is 2.70. The van der Waals surface area contributed by atoms with Gasteiger partial charge in [-0.25, -0.2) is 22.0 Å². The molecule has 0 nitrogen and oxygen atoms in total. The maximum absolute atomic E-state index is 15.3. The Labute approximate surface area is 179 Å². The van der Waals surface area contributed by atoms with Crippen molar-refractivity contribution in [3.63, 3.8) is 0 Å². The number of hydrogen-bond donors (Lipinski definition) is 0. The maximum atomic E-state index is 15.3. The molecule has 1 atom stereocenters. The lowest BCUT2D eigenvalue weighted by molar-refractivity contribution is -0.239. The minimum atomic E-state index is -3.55. The molecule has 0 N–H and O–H groups in total. The Morgan fingerprint density at radius 3 is 2.10 bits per heavy atom. The van der Waals surface area contributed by atoms with Crippen molar-refractivity contribution in [2.45, 2.75) is 51.6 Å². The monoisotopic (exact) mass is 432 g/mol. The van der Waals surface area contributed by atoms with E-state index in [1.807, 2.05) is 31.2 Å². The van der Waals surface area contributed by atoms with Gasteiger partial charge in [-0.3, -0.25) is 0 Å². The van der Waals surface area contributed by atoms with Crippen molar-refractivity contribution in [3.05, 3.63) is 82.4 Å². The van der Waals surface area contributed by atoms with Gasteiger partial charge in [0.25, 0.3) is 5.92 Å². The lowest BCUT2D eigenvalue weighted by Gasteiger charge is -2.57. The molecule has 0 saturated heterocycles. The van der Waals surface area contributed by atoms with Crippen LogP contribution in [0.4, 0.5) is 22.0 Å². The molecule has 31 heavy (non-hydrogen) atoms. The predicted molar refractivity (Wildman–Crippen MR) is 114 cm³/mol. The second-order valence-electron chi connectivity index (χ2n) is 9.05. The minimum absolute atomic E-state index is 0.0605. The molecule has 5 heteroatoms. The third-order valence-corrected chi connectivity index (χ3v) is 7.13. The molecular weight excluding hydrogens is 407 g/mol. The SMILES string of the molecule is Cc1ccc(/C=C/C23CCC(/C=C/c4ccc(C)c(F)c4F)(CC2)C(F)C3(F)F)cc1. The Bertz CT molecular complexity index is 1020. The van der Waals surface area contributed by atoms with Gasteiger partial charge in [-0.15, -0.1) is 0 Å². The maximum Gasteiger partial charge on any atom is 0.288 e. The number of fused-ring (bicyclic) bond motifs is 3. The molecule has 0 aromatic heterocycles. The first-order chi connectivity index (χ1) is 14.6. The summed E-state index contributed by atoms with van der Waals surface area (Å²) in [7, 11) is 0. The van der Waals surface area contributed by atoms with Crippen molar-refractivity contribution in [2.75, 3.05) is 0 Å². The molecule has 0 radical (unpaired) electrons. The number of alkyl halides is 3. The van der Waals surface area contributed by atoms with E-state index in [9.17, 15) is 8.78 Å². The first kappa shape index (κ1) is 21.8. The zero-order valence-electron chi connectivity index (χ0n) is 17.6. The van der Waals surface area contributed by atoms with Crippen molar-refractivity contribution in [3.8, 4) is 0 Å². The van der Waals surface area contributed by atoms with Crippen LogP contribution in [0.5, 0.6) is 0 Å². The van der Waals surface area contributed by atoms with Crippen molar-refractivity contribution >= 4 is 12.2 Å². The highest BCUT2D eigenvalue weighted by molar-refractivity contribution is 5.54. The molecule has 164 valence electrons. The second kappa shape index (κ2) is 7.61. The van der Waals surface area contributed by atoms with Gasteiger partial charge < -0.3 is 0 Å². The van der Waals surface area contributed by atoms with Crippen LogP contribution in [0.15, 0.2) is 48.6 Å². The minimum Gasteiger partial charge on any atom is -0.240 e. The fraction of sp³-hybridized carbons (Fsp3) is 0.385. The number of allylic oxidation sites excluding steroid dienone is 2. The number of rotatable bonds is 4. The van der Waals surface area contributed by atoms with Gasteiger partial charge in [-0.05, 0) is 50.7 Å². The van der Waals surface area contributed by atoms with E-state index in [4.69, 9.17) is 0 Å². The number of benzene rings is 2. The van der Waals surface area contributed by atoms with Gasteiger partial charge in [-0.2, -0.15) is 0 Å². The van der Waals surface area contributed by atoms with Crippen LogP contribution in [-0.4, -0.2) is 12.1 Å². The molecule has 3 fully saturated rings. The summed E-state index contributed by atoms with van der Waals surface area (Å²) >= 11 is 0. The van der Waals surface area contributed by atoms with E-state index in [-0.39, 0.29) is 36.8 Å². The van der Waals surface area contributed by atoms with E-state index in [1.165, 1.54) is 37.3 Å². The van der Waals surface area contributed by atoms with Gasteiger partial charge in [0, 0.05) is 11.0 Å². The zero-order chi connectivity index (χ0) is 22.4. The Balaban J connectivity index is 1.61. The van der Waals surface area contributed by atoms with E-state index in [0.717, 1.165) is 11.1 Å². The first-order valence-electron chi connectivity index (χ1n) is 10.5. The summed E-state index contributed by atoms with van der Waals surface area (Å²) in [6.07, 6.45) is 4.07. The lowest BCUT2D eigenvalue weighted by atomic mass is 9.50. The average Bonchev–Trinajstić information content (AvgIpc) is 2.76. The van der Waals surface area contributed by atoms with Crippen LogP contribution in [0.25, 0.3) is 12.2 Å². The summed E-state index contributed by atoms with van der Waals surface area (Å²) in [6, 6.07) is 10.3. The zero-order valence-corrected chi connectivity index (χ0v) is 17.6. The van der Waals surface area contributed by atoms with E-state index in [0.29, 0.717) is 0 Å². The molecule has 5 rings (SSSR count). The Hall–Kier alpha value is -2.43. The van der Waals surface area contributed by atoms with Crippen molar-refractivity contribution < 1.29 is 22.0 Å². The smallest absolute Gasteiger partial charge is 0.240 e. The van der Waals surface area contributed by atoms with Gasteiger partial charge in [0.05, 0.1) is 5.41 Å². The van der Waals surface area contributed by atoms with Crippen LogP contribution in [0.1, 0.15) is 47.9 Å². The van der Waals surface area contributed by atoms with Crippen LogP contribution in [0, 0.1) is 36.3 Å². The van der Waals surface area contributed by atoms with E-state index in [2.05, 4.69) is 0 Å². The summed E-state index contributed by atoms with van der Waals surface area (Å²) in [4.78, 5) is 0. The van der Waals surface area contributed by atoms with Crippen LogP contribution >= 0.6 is 0 Å². The molecule has 3 aliphatic rings. The second-order valence-corrected chi connectivity index (χ2v) is 9.05. The largest absolute Gasteiger partial charge is 0.288 e. The van der Waals surface area contributed by atoms with Crippen LogP contribution in [0.3, 0.4) is 0 Å². The fourth-order valence-corrected chi connectivity index (χ4v) is 4.87. The standard InChI is InChI=1S/C26H25F5/c1-17-3-6-19(7-4-17)9-12-25-15-13-24(14-16-25,23(29)26(25,30)31)11-10-20-8-5-18(2)21(27)22(20)28/h3-12,23H,13-16H2,1-2H3/b11-10+,12-9+. The number of aryl methyl sites for hydroxylation is 2. The normalized spacial score (nSPS) is 29.8. The van der Waals surface area contributed by atoms with Gasteiger partial charge >= 0.3 is 0 Å². The van der Waals surface area contributed by atoms with Gasteiger partial charge in [0.1, 0.15) is 0 Å². The third-order valence-electron chi connectivity index (χ3n) is 7.13. The molecule has 0 spiro atoms. The van der Waals surface area contributed by atoms with Crippen LogP contribution < -0.4 is 0 Å². The summed E-state index contributed by atoms with van der Waals surface area (Å²) in [5.74, 6) is -5.57. The number of halogens is 5. The molecule has 2 aromatic carbocycles. The molecule has 2 aromatic rings. The Kier molecular flexibility index (Phi) is 5.35. The van der Waals surface area contributed by atoms with Gasteiger partial charge in [-0.1, -0.05) is 66.3 Å². The predicted octanol–water partition coefficient (Wildman–Crippen LogP) is 7.84.